The highest BCUT2D eigenvalue weighted by molar-refractivity contribution is 5.70. The van der Waals surface area contributed by atoms with Crippen molar-refractivity contribution in [1.82, 2.24) is 14.1 Å². The third kappa shape index (κ3) is 8.30. The van der Waals surface area contributed by atoms with E-state index in [-0.39, 0.29) is 43.4 Å². The first-order valence-electron chi connectivity index (χ1n) is 12.8. The SMILES string of the molecule is COC(=O)CCn1c(=O)nc(NC2CCC(CC(=O)OC(C)(C)C)CC2)n(Cc2ccc(C)cc2)c1=O. The van der Waals surface area contributed by atoms with Crippen molar-refractivity contribution in [2.75, 3.05) is 12.4 Å². The smallest absolute Gasteiger partial charge is 0.354 e. The number of anilines is 1. The summed E-state index contributed by atoms with van der Waals surface area (Å²) in [6, 6.07) is 7.78. The van der Waals surface area contributed by atoms with E-state index in [4.69, 9.17) is 4.74 Å². The number of benzene rings is 1. The summed E-state index contributed by atoms with van der Waals surface area (Å²) in [5.41, 5.74) is 0.232. The predicted octanol–water partition coefficient (Wildman–Crippen LogP) is 3.03. The van der Waals surface area contributed by atoms with Gasteiger partial charge in [-0.05, 0) is 64.9 Å². The molecule has 10 heteroatoms. The number of aromatic nitrogens is 3. The van der Waals surface area contributed by atoms with Crippen LogP contribution in [0.5, 0.6) is 0 Å². The van der Waals surface area contributed by atoms with Crippen LogP contribution in [0.3, 0.4) is 0 Å². The minimum Gasteiger partial charge on any atom is -0.469 e. The number of aryl methyl sites for hydroxylation is 1. The lowest BCUT2D eigenvalue weighted by Gasteiger charge is -2.30. The molecule has 0 aliphatic heterocycles. The zero-order valence-electron chi connectivity index (χ0n) is 22.4. The zero-order valence-corrected chi connectivity index (χ0v) is 22.4. The first kappa shape index (κ1) is 28.1. The molecule has 0 radical (unpaired) electrons. The number of nitrogens with zero attached hydrogens (tertiary/aromatic N) is 3. The van der Waals surface area contributed by atoms with Crippen molar-refractivity contribution in [3.05, 3.63) is 56.4 Å². The Balaban J connectivity index is 1.77. The Kier molecular flexibility index (Phi) is 9.29. The van der Waals surface area contributed by atoms with E-state index < -0.39 is 22.9 Å². The number of nitrogens with one attached hydrogen (secondary N) is 1. The van der Waals surface area contributed by atoms with Crippen molar-refractivity contribution in [3.63, 3.8) is 0 Å². The van der Waals surface area contributed by atoms with Gasteiger partial charge in [0.05, 0.1) is 20.1 Å². The van der Waals surface area contributed by atoms with Gasteiger partial charge in [0.2, 0.25) is 5.95 Å². The van der Waals surface area contributed by atoms with Crippen LogP contribution in [0.4, 0.5) is 5.95 Å². The highest BCUT2D eigenvalue weighted by Crippen LogP contribution is 2.29. The summed E-state index contributed by atoms with van der Waals surface area (Å²) in [6.07, 6.45) is 3.49. The minimum atomic E-state index is -0.713. The number of ether oxygens (including phenoxy) is 2. The maximum absolute atomic E-state index is 13.4. The van der Waals surface area contributed by atoms with E-state index in [1.54, 1.807) is 0 Å². The summed E-state index contributed by atoms with van der Waals surface area (Å²) in [6.45, 7) is 7.67. The Hall–Kier alpha value is -3.43. The normalized spacial score (nSPS) is 17.8. The predicted molar refractivity (Wildman–Crippen MR) is 140 cm³/mol. The molecule has 1 heterocycles. The molecule has 0 bridgehead atoms. The summed E-state index contributed by atoms with van der Waals surface area (Å²) in [5.74, 6) is -0.253. The Morgan fingerprint density at radius 1 is 1.03 bits per heavy atom. The third-order valence-electron chi connectivity index (χ3n) is 6.43. The monoisotopic (exact) mass is 514 g/mol. The fraction of sp³-hybridized carbons (Fsp3) is 0.593. The molecule has 0 spiro atoms. The molecular formula is C27H38N4O6. The van der Waals surface area contributed by atoms with Gasteiger partial charge in [0.1, 0.15) is 5.60 Å². The van der Waals surface area contributed by atoms with E-state index >= 15 is 0 Å². The van der Waals surface area contributed by atoms with Gasteiger partial charge in [-0.2, -0.15) is 4.98 Å². The number of methoxy groups -OCH3 is 1. The Morgan fingerprint density at radius 3 is 2.27 bits per heavy atom. The summed E-state index contributed by atoms with van der Waals surface area (Å²) in [4.78, 5) is 54.1. The molecular weight excluding hydrogens is 476 g/mol. The second kappa shape index (κ2) is 12.2. The van der Waals surface area contributed by atoms with E-state index in [9.17, 15) is 19.2 Å². The lowest BCUT2D eigenvalue weighted by atomic mass is 9.84. The zero-order chi connectivity index (χ0) is 27.2. The average molecular weight is 515 g/mol. The standard InChI is InChI=1S/C27H38N4O6/c1-18-6-8-20(9-7-18)17-31-24(29-25(34)30(26(31)35)15-14-22(32)36-5)28-21-12-10-19(11-13-21)16-23(33)37-27(2,3)4/h6-9,19,21H,10-17H2,1-5H3,(H,28,29,34). The van der Waals surface area contributed by atoms with Gasteiger partial charge in [-0.1, -0.05) is 29.8 Å². The van der Waals surface area contributed by atoms with Gasteiger partial charge in [0.25, 0.3) is 0 Å². The molecule has 0 saturated heterocycles. The maximum atomic E-state index is 13.4. The second-order valence-corrected chi connectivity index (χ2v) is 10.7. The molecule has 10 nitrogen and oxygen atoms in total. The van der Waals surface area contributed by atoms with Crippen LogP contribution in [0, 0.1) is 12.8 Å². The van der Waals surface area contributed by atoms with Crippen molar-refractivity contribution in [2.24, 2.45) is 5.92 Å². The maximum Gasteiger partial charge on any atom is 0.354 e. The van der Waals surface area contributed by atoms with E-state index in [2.05, 4.69) is 15.0 Å². The van der Waals surface area contributed by atoms with Gasteiger partial charge in [-0.3, -0.25) is 14.2 Å². The molecule has 37 heavy (non-hydrogen) atoms. The Bertz CT molecular complexity index is 1200. The van der Waals surface area contributed by atoms with E-state index in [0.29, 0.717) is 6.42 Å². The molecule has 1 N–H and O–H groups in total. The molecule has 3 rings (SSSR count). The largest absolute Gasteiger partial charge is 0.469 e. The van der Waals surface area contributed by atoms with Crippen molar-refractivity contribution in [2.45, 2.75) is 91.0 Å². The molecule has 1 fully saturated rings. The Labute approximate surface area is 217 Å². The lowest BCUT2D eigenvalue weighted by Crippen LogP contribution is -2.44. The van der Waals surface area contributed by atoms with Crippen LogP contribution in [0.2, 0.25) is 0 Å². The average Bonchev–Trinajstić information content (AvgIpc) is 2.82. The lowest BCUT2D eigenvalue weighted by molar-refractivity contribution is -0.156. The van der Waals surface area contributed by atoms with Gasteiger partial charge in [0.15, 0.2) is 0 Å². The number of carbonyl (C=O) groups excluding carboxylic acids is 2. The summed E-state index contributed by atoms with van der Waals surface area (Å²) < 4.78 is 12.5. The van der Waals surface area contributed by atoms with Crippen molar-refractivity contribution in [1.29, 1.82) is 0 Å². The molecule has 1 saturated carbocycles. The van der Waals surface area contributed by atoms with Crippen LogP contribution < -0.4 is 16.7 Å². The summed E-state index contributed by atoms with van der Waals surface area (Å²) in [5, 5.41) is 3.31. The Morgan fingerprint density at radius 2 is 1.68 bits per heavy atom. The topological polar surface area (TPSA) is 122 Å². The highest BCUT2D eigenvalue weighted by atomic mass is 16.6. The number of hydrogen-bond donors (Lipinski definition) is 1. The molecule has 202 valence electrons. The molecule has 1 aliphatic rings. The van der Waals surface area contributed by atoms with Crippen LogP contribution in [-0.2, 0) is 32.2 Å². The third-order valence-corrected chi connectivity index (χ3v) is 6.43. The fourth-order valence-corrected chi connectivity index (χ4v) is 4.47. The minimum absolute atomic E-state index is 0.0105. The van der Waals surface area contributed by atoms with Gasteiger partial charge in [0, 0.05) is 19.0 Å². The van der Waals surface area contributed by atoms with E-state index in [1.165, 1.54) is 11.7 Å². The van der Waals surface area contributed by atoms with Crippen LogP contribution in [0.15, 0.2) is 33.9 Å². The number of carbonyl (C=O) groups is 2. The van der Waals surface area contributed by atoms with Crippen molar-refractivity contribution in [3.8, 4) is 0 Å². The van der Waals surface area contributed by atoms with Crippen LogP contribution in [0.25, 0.3) is 0 Å². The fourth-order valence-electron chi connectivity index (χ4n) is 4.47. The van der Waals surface area contributed by atoms with E-state index in [1.807, 2.05) is 52.0 Å². The summed E-state index contributed by atoms with van der Waals surface area (Å²) >= 11 is 0. The number of hydrogen-bond acceptors (Lipinski definition) is 8. The molecule has 0 unspecified atom stereocenters. The van der Waals surface area contributed by atoms with Crippen LogP contribution in [-0.4, -0.2) is 44.8 Å². The quantitative estimate of drug-likeness (QED) is 0.507. The van der Waals surface area contributed by atoms with E-state index in [0.717, 1.165) is 41.4 Å². The van der Waals surface area contributed by atoms with Gasteiger partial charge >= 0.3 is 23.3 Å². The molecule has 1 aromatic carbocycles. The van der Waals surface area contributed by atoms with Gasteiger partial charge in [-0.15, -0.1) is 0 Å². The molecule has 1 aromatic heterocycles. The number of rotatable bonds is 9. The molecule has 0 amide bonds. The van der Waals surface area contributed by atoms with Crippen LogP contribution in [0.1, 0.15) is 70.4 Å². The molecule has 2 aromatic rings. The summed E-state index contributed by atoms with van der Waals surface area (Å²) in [7, 11) is 1.26. The van der Waals surface area contributed by atoms with Gasteiger partial charge < -0.3 is 14.8 Å². The number of esters is 2. The highest BCUT2D eigenvalue weighted by Gasteiger charge is 2.27. The van der Waals surface area contributed by atoms with Crippen molar-refractivity contribution >= 4 is 17.9 Å². The first-order chi connectivity index (χ1) is 17.4. The second-order valence-electron chi connectivity index (χ2n) is 10.7. The molecule has 1 aliphatic carbocycles. The van der Waals surface area contributed by atoms with Crippen molar-refractivity contribution < 1.29 is 19.1 Å². The van der Waals surface area contributed by atoms with Gasteiger partial charge in [-0.25, -0.2) is 14.2 Å². The van der Waals surface area contributed by atoms with Crippen LogP contribution >= 0.6 is 0 Å². The first-order valence-corrected chi connectivity index (χ1v) is 12.8. The molecule has 0 atom stereocenters.